The lowest BCUT2D eigenvalue weighted by molar-refractivity contribution is -0.140. The number of carbonyl (C=O) groups is 3. The number of aliphatic imine (C=N–C) groups is 1. The number of piperidine rings is 1. The van der Waals surface area contributed by atoms with E-state index in [9.17, 15) is 14.4 Å². The van der Waals surface area contributed by atoms with Crippen molar-refractivity contribution in [2.75, 3.05) is 20.2 Å². The molecule has 1 saturated heterocycles. The summed E-state index contributed by atoms with van der Waals surface area (Å²) < 4.78 is 10.5. The first-order chi connectivity index (χ1) is 22.8. The van der Waals surface area contributed by atoms with Crippen LogP contribution in [-0.4, -0.2) is 54.1 Å². The van der Waals surface area contributed by atoms with Gasteiger partial charge in [-0.15, -0.1) is 0 Å². The number of para-hydroxylation sites is 1. The van der Waals surface area contributed by atoms with E-state index in [1.165, 1.54) is 45.0 Å². The molecule has 244 valence electrons. The maximum Gasteiger partial charge on any atom is 0.305 e. The number of methoxy groups -OCH3 is 1. The zero-order valence-corrected chi connectivity index (χ0v) is 27.1. The van der Waals surface area contributed by atoms with Crippen molar-refractivity contribution in [2.24, 2.45) is 16.6 Å². The molecule has 1 fully saturated rings. The minimum absolute atomic E-state index is 0.138. The molecule has 47 heavy (non-hydrogen) atoms. The van der Waals surface area contributed by atoms with Crippen molar-refractivity contribution in [3.8, 4) is 5.75 Å². The summed E-state index contributed by atoms with van der Waals surface area (Å²) in [5.74, 6) is 0.000669. The highest BCUT2D eigenvalue weighted by molar-refractivity contribution is 6.14. The molecule has 9 nitrogen and oxygen atoms in total. The number of primary amides is 1. The molecule has 1 unspecified atom stereocenters. The number of hydrogen-bond acceptors (Lipinski definition) is 7. The van der Waals surface area contributed by atoms with E-state index in [1.807, 2.05) is 42.5 Å². The lowest BCUT2D eigenvalue weighted by Crippen LogP contribution is -2.32. The molecular formula is C38H42N4O5. The van der Waals surface area contributed by atoms with Gasteiger partial charge in [-0.2, -0.15) is 0 Å². The van der Waals surface area contributed by atoms with Crippen molar-refractivity contribution in [3.05, 3.63) is 107 Å². The van der Waals surface area contributed by atoms with E-state index in [0.29, 0.717) is 30.0 Å². The van der Waals surface area contributed by atoms with Gasteiger partial charge >= 0.3 is 5.97 Å². The Hall–Kier alpha value is -4.89. The standard InChI is InChI=1S/C23H26N2O2.C15H16N2O3/c1-2-17-10-12-25(13-11-17)15-18-6-8-19(9-7-18)16-27-22-5-3-4-20-21(22)14-24-23(20)26;1-20-14(18)9-7-11(15(16)19)13-8-6-10-4-2-3-5-12(10)17-13/h3-9,14,17H,2,10-13,15-16H2,1H3;2-6,8,11H,7,9H2,1H3,(H2,16,19). The Balaban J connectivity index is 0.000000194. The van der Waals surface area contributed by atoms with Gasteiger partial charge in [0, 0.05) is 30.1 Å². The molecule has 6 rings (SSSR count). The highest BCUT2D eigenvalue weighted by atomic mass is 16.5. The SMILES string of the molecule is CCC1CCN(Cc2ccc(COc3cccc4c3C=NC4=O)cc2)CC1.COC(=O)CCC(C(N)=O)c1ccc2ccccc2n1. The molecule has 3 heterocycles. The van der Waals surface area contributed by atoms with Gasteiger partial charge in [-0.3, -0.25) is 24.3 Å². The van der Waals surface area contributed by atoms with Crippen molar-refractivity contribution in [3.63, 3.8) is 0 Å². The molecular weight excluding hydrogens is 592 g/mol. The number of carbonyl (C=O) groups excluding carboxylic acids is 3. The molecule has 1 atom stereocenters. The summed E-state index contributed by atoms with van der Waals surface area (Å²) in [7, 11) is 1.32. The van der Waals surface area contributed by atoms with Crippen molar-refractivity contribution in [1.29, 1.82) is 0 Å². The van der Waals surface area contributed by atoms with Crippen LogP contribution < -0.4 is 10.5 Å². The summed E-state index contributed by atoms with van der Waals surface area (Å²) in [4.78, 5) is 45.3. The van der Waals surface area contributed by atoms with Crippen molar-refractivity contribution >= 4 is 34.9 Å². The number of nitrogens with zero attached hydrogens (tertiary/aromatic N) is 3. The molecule has 0 aliphatic carbocycles. The zero-order valence-electron chi connectivity index (χ0n) is 27.1. The van der Waals surface area contributed by atoms with Crippen molar-refractivity contribution in [1.82, 2.24) is 9.88 Å². The second kappa shape index (κ2) is 16.1. The van der Waals surface area contributed by atoms with Crippen LogP contribution in [0.15, 0.2) is 83.9 Å². The molecule has 0 spiro atoms. The van der Waals surface area contributed by atoms with Crippen LogP contribution in [0.1, 0.15) is 77.7 Å². The molecule has 1 aromatic heterocycles. The average molecular weight is 635 g/mol. The zero-order chi connectivity index (χ0) is 33.2. The lowest BCUT2D eigenvalue weighted by atomic mass is 9.94. The van der Waals surface area contributed by atoms with Crippen LogP contribution in [0, 0.1) is 5.92 Å². The Bertz CT molecular complexity index is 1730. The van der Waals surface area contributed by atoms with Gasteiger partial charge in [-0.25, -0.2) is 4.99 Å². The van der Waals surface area contributed by atoms with Gasteiger partial charge in [-0.05, 0) is 73.7 Å². The van der Waals surface area contributed by atoms with Crippen LogP contribution in [0.4, 0.5) is 0 Å². The third-order valence-corrected chi connectivity index (χ3v) is 8.90. The predicted molar refractivity (Wildman–Crippen MR) is 182 cm³/mol. The number of rotatable bonds is 11. The quantitative estimate of drug-likeness (QED) is 0.194. The highest BCUT2D eigenvalue weighted by Gasteiger charge is 2.22. The number of fused-ring (bicyclic) bond motifs is 2. The number of amides is 2. The first-order valence-electron chi connectivity index (χ1n) is 16.2. The van der Waals surface area contributed by atoms with Gasteiger partial charge in [0.15, 0.2) is 0 Å². The molecule has 2 amide bonds. The fourth-order valence-electron chi connectivity index (χ4n) is 5.97. The van der Waals surface area contributed by atoms with Crippen LogP contribution >= 0.6 is 0 Å². The van der Waals surface area contributed by atoms with Crippen LogP contribution in [-0.2, 0) is 27.5 Å². The average Bonchev–Trinajstić information content (AvgIpc) is 3.49. The lowest BCUT2D eigenvalue weighted by Gasteiger charge is -2.31. The Morgan fingerprint density at radius 2 is 1.70 bits per heavy atom. The summed E-state index contributed by atoms with van der Waals surface area (Å²) in [6, 6.07) is 25.5. The smallest absolute Gasteiger partial charge is 0.305 e. The second-order valence-electron chi connectivity index (χ2n) is 12.0. The Morgan fingerprint density at radius 3 is 2.43 bits per heavy atom. The van der Waals surface area contributed by atoms with E-state index in [4.69, 9.17) is 10.5 Å². The van der Waals surface area contributed by atoms with E-state index < -0.39 is 11.8 Å². The molecule has 2 aliphatic heterocycles. The molecule has 2 aliphatic rings. The molecule has 9 heteroatoms. The summed E-state index contributed by atoms with van der Waals surface area (Å²) in [6.07, 6.45) is 6.00. The monoisotopic (exact) mass is 634 g/mol. The van der Waals surface area contributed by atoms with Gasteiger partial charge in [0.25, 0.3) is 5.91 Å². The van der Waals surface area contributed by atoms with Crippen molar-refractivity contribution in [2.45, 2.75) is 58.1 Å². The van der Waals surface area contributed by atoms with E-state index in [-0.39, 0.29) is 18.3 Å². The Labute approximate surface area is 275 Å². The fourth-order valence-corrected chi connectivity index (χ4v) is 5.97. The molecule has 2 N–H and O–H groups in total. The molecule has 0 bridgehead atoms. The van der Waals surface area contributed by atoms with Gasteiger partial charge in [0.1, 0.15) is 12.4 Å². The largest absolute Gasteiger partial charge is 0.488 e. The van der Waals surface area contributed by atoms with Crippen molar-refractivity contribution < 1.29 is 23.9 Å². The number of ether oxygens (including phenoxy) is 2. The molecule has 3 aromatic carbocycles. The summed E-state index contributed by atoms with van der Waals surface area (Å²) in [5, 5.41) is 0.993. The first kappa shape index (κ1) is 33.5. The first-order valence-corrected chi connectivity index (χ1v) is 16.2. The number of esters is 1. The van der Waals surface area contributed by atoms with Gasteiger partial charge in [0.2, 0.25) is 5.91 Å². The number of likely N-dealkylation sites (tertiary alicyclic amines) is 1. The number of aromatic nitrogens is 1. The predicted octanol–water partition coefficient (Wildman–Crippen LogP) is 6.22. The van der Waals surface area contributed by atoms with E-state index in [1.54, 1.807) is 18.3 Å². The topological polar surface area (TPSA) is 124 Å². The van der Waals surface area contributed by atoms with Crippen LogP contribution in [0.5, 0.6) is 5.75 Å². The van der Waals surface area contributed by atoms with Gasteiger partial charge in [-0.1, -0.05) is 67.9 Å². The van der Waals surface area contributed by atoms with Gasteiger partial charge in [0.05, 0.1) is 29.8 Å². The Kier molecular flexibility index (Phi) is 11.5. The fraction of sp³-hybridized carbons (Fsp3) is 0.342. The number of benzene rings is 3. The number of hydrogen-bond donors (Lipinski definition) is 1. The minimum Gasteiger partial charge on any atom is -0.488 e. The molecule has 0 radical (unpaired) electrons. The van der Waals surface area contributed by atoms with E-state index in [0.717, 1.165) is 34.5 Å². The normalized spacial score (nSPS) is 15.1. The highest BCUT2D eigenvalue weighted by Crippen LogP contribution is 2.27. The maximum atomic E-state index is 11.7. The number of pyridine rings is 1. The van der Waals surface area contributed by atoms with Crippen LogP contribution in [0.25, 0.3) is 10.9 Å². The summed E-state index contributed by atoms with van der Waals surface area (Å²) in [6.45, 7) is 6.24. The van der Waals surface area contributed by atoms with Crippen LogP contribution in [0.3, 0.4) is 0 Å². The summed E-state index contributed by atoms with van der Waals surface area (Å²) in [5.41, 5.74) is 10.7. The number of nitrogens with two attached hydrogens (primary N) is 1. The molecule has 4 aromatic rings. The van der Waals surface area contributed by atoms with E-state index >= 15 is 0 Å². The second-order valence-corrected chi connectivity index (χ2v) is 12.0. The maximum absolute atomic E-state index is 11.7. The van der Waals surface area contributed by atoms with Crippen LogP contribution in [0.2, 0.25) is 0 Å². The van der Waals surface area contributed by atoms with Gasteiger partial charge < -0.3 is 15.2 Å². The summed E-state index contributed by atoms with van der Waals surface area (Å²) >= 11 is 0. The molecule has 0 saturated carbocycles. The third kappa shape index (κ3) is 8.89. The van der Waals surface area contributed by atoms with E-state index in [2.05, 4.69) is 50.8 Å². The third-order valence-electron chi connectivity index (χ3n) is 8.90. The Morgan fingerprint density at radius 1 is 0.957 bits per heavy atom. The minimum atomic E-state index is -0.585.